The number of carbonyl (C=O) groups is 2. The molecule has 1 aliphatic carbocycles. The lowest BCUT2D eigenvalue weighted by Crippen LogP contribution is -2.22. The molecule has 0 aromatic heterocycles. The normalized spacial score (nSPS) is 17.6. The molecule has 0 fully saturated rings. The van der Waals surface area contributed by atoms with E-state index in [1.165, 1.54) is 13.1 Å². The van der Waals surface area contributed by atoms with Crippen molar-refractivity contribution in [3.05, 3.63) is 22.8 Å². The highest BCUT2D eigenvalue weighted by Gasteiger charge is 2.35. The Kier molecular flexibility index (Phi) is 2.91. The molecule has 2 aliphatic rings. The molecule has 0 unspecified atom stereocenters. The number of rotatable bonds is 2. The number of hydrogen-bond acceptors (Lipinski definition) is 4. The molecule has 0 radical (unpaired) electrons. The van der Waals surface area contributed by atoms with Crippen LogP contribution in [0.4, 0.5) is 5.69 Å². The van der Waals surface area contributed by atoms with E-state index in [9.17, 15) is 18.0 Å². The minimum absolute atomic E-state index is 0.123. The Hall–Kier alpha value is -1.73. The molecule has 7 heteroatoms. The van der Waals surface area contributed by atoms with E-state index in [0.717, 1.165) is 24.0 Å². The monoisotopic (exact) mass is 294 g/mol. The molecule has 0 atom stereocenters. The Labute approximate surface area is 116 Å². The predicted octanol–water partition coefficient (Wildman–Crippen LogP) is 0.608. The quantitative estimate of drug-likeness (QED) is 0.782. The van der Waals surface area contributed by atoms with Gasteiger partial charge in [0.25, 0.3) is 11.7 Å². The number of Topliss-reactive ketones (excluding diaryl/α,β-unsaturated/α-hetero) is 1. The zero-order valence-electron chi connectivity index (χ0n) is 10.9. The van der Waals surface area contributed by atoms with E-state index in [4.69, 9.17) is 0 Å². The van der Waals surface area contributed by atoms with Gasteiger partial charge >= 0.3 is 0 Å². The van der Waals surface area contributed by atoms with Crippen LogP contribution in [0.3, 0.4) is 0 Å². The van der Waals surface area contributed by atoms with Gasteiger partial charge in [-0.1, -0.05) is 0 Å². The highest BCUT2D eigenvalue weighted by Crippen LogP contribution is 2.38. The van der Waals surface area contributed by atoms with Crippen LogP contribution in [0.2, 0.25) is 0 Å². The third-order valence-corrected chi connectivity index (χ3v) is 5.34. The molecule has 6 nitrogen and oxygen atoms in total. The van der Waals surface area contributed by atoms with Gasteiger partial charge in [-0.3, -0.25) is 9.59 Å². The lowest BCUT2D eigenvalue weighted by atomic mass is 9.88. The summed E-state index contributed by atoms with van der Waals surface area (Å²) in [6, 6.07) is 1.32. The number of carbonyl (C=O) groups excluding carboxylic acids is 2. The minimum Gasteiger partial charge on any atom is -0.318 e. The van der Waals surface area contributed by atoms with Crippen LogP contribution < -0.4 is 10.0 Å². The molecule has 1 aromatic carbocycles. The number of amides is 1. The van der Waals surface area contributed by atoms with Crippen molar-refractivity contribution >= 4 is 27.4 Å². The maximum atomic E-state index is 12.1. The van der Waals surface area contributed by atoms with Gasteiger partial charge < -0.3 is 5.32 Å². The van der Waals surface area contributed by atoms with Crippen LogP contribution in [0.1, 0.15) is 34.3 Å². The first-order chi connectivity index (χ1) is 9.45. The predicted molar refractivity (Wildman–Crippen MR) is 72.3 cm³/mol. The Balaban J connectivity index is 2.34. The van der Waals surface area contributed by atoms with Crippen molar-refractivity contribution in [3.63, 3.8) is 0 Å². The van der Waals surface area contributed by atoms with Crippen molar-refractivity contribution in [2.24, 2.45) is 0 Å². The largest absolute Gasteiger partial charge is 0.318 e. The second kappa shape index (κ2) is 4.39. The number of nitrogens with one attached hydrogen (secondary N) is 2. The summed E-state index contributed by atoms with van der Waals surface area (Å²) in [5, 5.41) is 2.57. The van der Waals surface area contributed by atoms with Crippen molar-refractivity contribution in [2.45, 2.75) is 30.6 Å². The van der Waals surface area contributed by atoms with Crippen LogP contribution in [0.5, 0.6) is 0 Å². The van der Waals surface area contributed by atoms with Crippen molar-refractivity contribution < 1.29 is 18.0 Å². The minimum atomic E-state index is -3.64. The molecule has 1 amide bonds. The van der Waals surface area contributed by atoms with Gasteiger partial charge in [0.1, 0.15) is 0 Å². The molecule has 2 N–H and O–H groups in total. The van der Waals surface area contributed by atoms with E-state index in [1.807, 2.05) is 0 Å². The van der Waals surface area contributed by atoms with E-state index in [2.05, 4.69) is 10.0 Å². The summed E-state index contributed by atoms with van der Waals surface area (Å²) in [5.41, 5.74) is 2.19. The third-order valence-electron chi connectivity index (χ3n) is 3.86. The highest BCUT2D eigenvalue weighted by molar-refractivity contribution is 7.89. The molecule has 1 aliphatic heterocycles. The number of anilines is 1. The highest BCUT2D eigenvalue weighted by atomic mass is 32.2. The first-order valence-corrected chi connectivity index (χ1v) is 7.92. The third kappa shape index (κ3) is 1.77. The first-order valence-electron chi connectivity index (χ1n) is 6.43. The smallest absolute Gasteiger partial charge is 0.296 e. The lowest BCUT2D eigenvalue weighted by molar-refractivity contribution is -0.112. The van der Waals surface area contributed by atoms with Crippen molar-refractivity contribution in [3.8, 4) is 0 Å². The van der Waals surface area contributed by atoms with E-state index in [0.29, 0.717) is 18.5 Å². The average Bonchev–Trinajstić information content (AvgIpc) is 2.74. The van der Waals surface area contributed by atoms with Gasteiger partial charge in [0.05, 0.1) is 16.1 Å². The molecule has 0 saturated heterocycles. The van der Waals surface area contributed by atoms with Gasteiger partial charge in [-0.2, -0.15) is 0 Å². The molecule has 1 aromatic rings. The fourth-order valence-corrected chi connectivity index (χ4v) is 3.91. The summed E-state index contributed by atoms with van der Waals surface area (Å²) in [6.07, 6.45) is 3.15. The van der Waals surface area contributed by atoms with E-state index >= 15 is 0 Å². The van der Waals surface area contributed by atoms with Gasteiger partial charge in [-0.05, 0) is 49.9 Å². The van der Waals surface area contributed by atoms with Crippen LogP contribution in [-0.4, -0.2) is 27.2 Å². The molecular weight excluding hydrogens is 280 g/mol. The standard InChI is InChI=1S/C13H14N2O4S/c1-14-20(18,19)10-6-9-11(15-13(17)12(9)16)8-5-3-2-4-7(8)10/h6,14H,2-5H2,1H3,(H,15,16,17). The second-order valence-electron chi connectivity index (χ2n) is 4.95. The number of sulfonamides is 1. The van der Waals surface area contributed by atoms with Gasteiger partial charge in [0.2, 0.25) is 10.0 Å². The molecule has 3 rings (SSSR count). The first kappa shape index (κ1) is 13.3. The van der Waals surface area contributed by atoms with Crippen LogP contribution >= 0.6 is 0 Å². The van der Waals surface area contributed by atoms with Crippen LogP contribution in [0.15, 0.2) is 11.0 Å². The van der Waals surface area contributed by atoms with Crippen molar-refractivity contribution in [1.82, 2.24) is 4.72 Å². The fourth-order valence-electron chi connectivity index (χ4n) is 2.87. The summed E-state index contributed by atoms with van der Waals surface area (Å²) in [7, 11) is -2.31. The van der Waals surface area contributed by atoms with Crippen molar-refractivity contribution in [1.29, 1.82) is 0 Å². The van der Waals surface area contributed by atoms with Gasteiger partial charge in [-0.25, -0.2) is 13.1 Å². The summed E-state index contributed by atoms with van der Waals surface area (Å²) in [6.45, 7) is 0. The summed E-state index contributed by atoms with van der Waals surface area (Å²) < 4.78 is 26.5. The molecule has 20 heavy (non-hydrogen) atoms. The SMILES string of the molecule is CNS(=O)(=O)c1cc2c(c3c1CCCC3)NC(=O)C2=O. The summed E-state index contributed by atoms with van der Waals surface area (Å²) >= 11 is 0. The zero-order valence-corrected chi connectivity index (χ0v) is 11.8. The van der Waals surface area contributed by atoms with Gasteiger partial charge in [0, 0.05) is 0 Å². The number of ketones is 1. The molecule has 0 bridgehead atoms. The lowest BCUT2D eigenvalue weighted by Gasteiger charge is -2.22. The van der Waals surface area contributed by atoms with Gasteiger partial charge in [-0.15, -0.1) is 0 Å². The van der Waals surface area contributed by atoms with E-state index in [1.54, 1.807) is 0 Å². The van der Waals surface area contributed by atoms with E-state index in [-0.39, 0.29) is 10.5 Å². The Morgan fingerprint density at radius 3 is 2.45 bits per heavy atom. The average molecular weight is 294 g/mol. The van der Waals surface area contributed by atoms with Crippen molar-refractivity contribution in [2.75, 3.05) is 12.4 Å². The van der Waals surface area contributed by atoms with Crippen LogP contribution in [0, 0.1) is 0 Å². The zero-order chi connectivity index (χ0) is 14.5. The van der Waals surface area contributed by atoms with Gasteiger partial charge in [0.15, 0.2) is 0 Å². The Morgan fingerprint density at radius 2 is 1.80 bits per heavy atom. The molecule has 0 saturated carbocycles. The molecule has 1 heterocycles. The second-order valence-corrected chi connectivity index (χ2v) is 6.81. The topological polar surface area (TPSA) is 92.3 Å². The molecule has 106 valence electrons. The number of hydrogen-bond donors (Lipinski definition) is 2. The fraction of sp³-hybridized carbons (Fsp3) is 0.385. The maximum Gasteiger partial charge on any atom is 0.296 e. The summed E-state index contributed by atoms with van der Waals surface area (Å²) in [5.74, 6) is -1.35. The molecular formula is C13H14N2O4S. The Morgan fingerprint density at radius 1 is 1.15 bits per heavy atom. The number of fused-ring (bicyclic) bond motifs is 3. The van der Waals surface area contributed by atoms with Crippen LogP contribution in [0.25, 0.3) is 0 Å². The molecule has 0 spiro atoms. The maximum absolute atomic E-state index is 12.1. The van der Waals surface area contributed by atoms with Crippen LogP contribution in [-0.2, 0) is 27.7 Å². The Bertz CT molecular complexity index is 737. The van der Waals surface area contributed by atoms with E-state index < -0.39 is 21.7 Å². The number of benzene rings is 1. The summed E-state index contributed by atoms with van der Waals surface area (Å²) in [4.78, 5) is 23.5.